The van der Waals surface area contributed by atoms with Crippen LogP contribution in [0.5, 0.6) is 0 Å². The van der Waals surface area contributed by atoms with Gasteiger partial charge in [-0.25, -0.2) is 0 Å². The summed E-state index contributed by atoms with van der Waals surface area (Å²) in [5.74, 6) is 0. The third-order valence-electron chi connectivity index (χ3n) is 2.51. The second kappa shape index (κ2) is 3.56. The summed E-state index contributed by atoms with van der Waals surface area (Å²) >= 11 is 0. The van der Waals surface area contributed by atoms with Crippen LogP contribution in [-0.4, -0.2) is 31.3 Å². The smallest absolute Gasteiger partial charge is 0.0626 e. The van der Waals surface area contributed by atoms with Gasteiger partial charge in [-0.05, 0) is 13.8 Å². The van der Waals surface area contributed by atoms with Gasteiger partial charge in [0.1, 0.15) is 0 Å². The predicted molar refractivity (Wildman–Crippen MR) is 54.7 cm³/mol. The highest BCUT2D eigenvalue weighted by Gasteiger charge is 2.35. The SMILES string of the molecule is CC(C)(N)CNC1COCC1(C)C. The minimum atomic E-state index is -0.140. The minimum Gasteiger partial charge on any atom is -0.379 e. The van der Waals surface area contributed by atoms with Crippen LogP contribution in [0.3, 0.4) is 0 Å². The first-order chi connectivity index (χ1) is 5.81. The summed E-state index contributed by atoms with van der Waals surface area (Å²) in [6.07, 6.45) is 0. The summed E-state index contributed by atoms with van der Waals surface area (Å²) in [6.45, 7) is 11.0. The Labute approximate surface area is 81.0 Å². The van der Waals surface area contributed by atoms with Crippen molar-refractivity contribution in [1.82, 2.24) is 5.32 Å². The lowest BCUT2D eigenvalue weighted by atomic mass is 9.87. The third kappa shape index (κ3) is 3.25. The molecule has 0 aromatic carbocycles. The highest BCUT2D eigenvalue weighted by atomic mass is 16.5. The Kier molecular flexibility index (Phi) is 3.00. The zero-order chi connectivity index (χ0) is 10.1. The van der Waals surface area contributed by atoms with Crippen molar-refractivity contribution in [2.45, 2.75) is 39.3 Å². The van der Waals surface area contributed by atoms with Gasteiger partial charge in [0.2, 0.25) is 0 Å². The van der Waals surface area contributed by atoms with Gasteiger partial charge in [0.15, 0.2) is 0 Å². The van der Waals surface area contributed by atoms with Crippen LogP contribution in [0.2, 0.25) is 0 Å². The first-order valence-corrected chi connectivity index (χ1v) is 4.91. The zero-order valence-corrected chi connectivity index (χ0v) is 9.18. The van der Waals surface area contributed by atoms with Gasteiger partial charge < -0.3 is 15.8 Å². The molecule has 0 aromatic rings. The van der Waals surface area contributed by atoms with Gasteiger partial charge in [-0.1, -0.05) is 13.8 Å². The van der Waals surface area contributed by atoms with Crippen molar-refractivity contribution in [3.8, 4) is 0 Å². The molecule has 0 spiro atoms. The summed E-state index contributed by atoms with van der Waals surface area (Å²) in [5.41, 5.74) is 6.00. The zero-order valence-electron chi connectivity index (χ0n) is 9.18. The third-order valence-corrected chi connectivity index (χ3v) is 2.51. The summed E-state index contributed by atoms with van der Waals surface area (Å²) < 4.78 is 5.43. The molecule has 1 saturated heterocycles. The number of hydrogen-bond donors (Lipinski definition) is 2. The van der Waals surface area contributed by atoms with Crippen molar-refractivity contribution >= 4 is 0 Å². The van der Waals surface area contributed by atoms with Crippen LogP contribution in [-0.2, 0) is 4.74 Å². The lowest BCUT2D eigenvalue weighted by Crippen LogP contribution is -2.50. The Balaban J connectivity index is 2.37. The lowest BCUT2D eigenvalue weighted by molar-refractivity contribution is 0.166. The first-order valence-electron chi connectivity index (χ1n) is 4.91. The van der Waals surface area contributed by atoms with Crippen LogP contribution < -0.4 is 11.1 Å². The van der Waals surface area contributed by atoms with Crippen molar-refractivity contribution in [1.29, 1.82) is 0 Å². The monoisotopic (exact) mass is 186 g/mol. The Morgan fingerprint density at radius 2 is 2.15 bits per heavy atom. The predicted octanol–water partition coefficient (Wildman–Crippen LogP) is 0.738. The molecule has 1 rings (SSSR count). The second-order valence-corrected chi connectivity index (χ2v) is 5.43. The van der Waals surface area contributed by atoms with Gasteiger partial charge >= 0.3 is 0 Å². The fourth-order valence-corrected chi connectivity index (χ4v) is 1.49. The lowest BCUT2D eigenvalue weighted by Gasteiger charge is -2.29. The molecule has 13 heavy (non-hydrogen) atoms. The Bertz CT molecular complexity index is 172. The Morgan fingerprint density at radius 1 is 1.54 bits per heavy atom. The average molecular weight is 186 g/mol. The van der Waals surface area contributed by atoms with Crippen LogP contribution in [0.1, 0.15) is 27.7 Å². The van der Waals surface area contributed by atoms with Gasteiger partial charge in [-0.3, -0.25) is 0 Å². The van der Waals surface area contributed by atoms with Crippen LogP contribution in [0.4, 0.5) is 0 Å². The van der Waals surface area contributed by atoms with Crippen molar-refractivity contribution in [3.05, 3.63) is 0 Å². The number of ether oxygens (including phenoxy) is 1. The van der Waals surface area contributed by atoms with Gasteiger partial charge in [0.05, 0.1) is 13.2 Å². The van der Waals surface area contributed by atoms with Gasteiger partial charge in [0, 0.05) is 23.5 Å². The van der Waals surface area contributed by atoms with E-state index in [9.17, 15) is 0 Å². The van der Waals surface area contributed by atoms with Gasteiger partial charge in [-0.15, -0.1) is 0 Å². The Morgan fingerprint density at radius 3 is 2.54 bits per heavy atom. The largest absolute Gasteiger partial charge is 0.379 e. The number of hydrogen-bond acceptors (Lipinski definition) is 3. The second-order valence-electron chi connectivity index (χ2n) is 5.43. The molecule has 0 bridgehead atoms. The topological polar surface area (TPSA) is 47.3 Å². The van der Waals surface area contributed by atoms with E-state index in [0.717, 1.165) is 19.8 Å². The molecule has 0 aliphatic carbocycles. The number of nitrogens with one attached hydrogen (secondary N) is 1. The van der Waals surface area contributed by atoms with Gasteiger partial charge in [0.25, 0.3) is 0 Å². The standard InChI is InChI=1S/C10H22N2O/c1-9(2)7-13-5-8(9)12-6-10(3,4)11/h8,12H,5-7,11H2,1-4H3. The molecule has 0 aromatic heterocycles. The normalized spacial score (nSPS) is 27.9. The van der Waals surface area contributed by atoms with Crippen molar-refractivity contribution in [2.24, 2.45) is 11.1 Å². The van der Waals surface area contributed by atoms with Gasteiger partial charge in [-0.2, -0.15) is 0 Å². The van der Waals surface area contributed by atoms with E-state index >= 15 is 0 Å². The molecule has 3 N–H and O–H groups in total. The van der Waals surface area contributed by atoms with E-state index in [0.29, 0.717) is 6.04 Å². The highest BCUT2D eigenvalue weighted by Crippen LogP contribution is 2.27. The molecule has 1 heterocycles. The van der Waals surface area contributed by atoms with Crippen LogP contribution >= 0.6 is 0 Å². The fraction of sp³-hybridized carbons (Fsp3) is 1.00. The molecule has 1 aliphatic rings. The molecule has 0 saturated carbocycles. The molecule has 0 amide bonds. The van der Waals surface area contributed by atoms with E-state index in [4.69, 9.17) is 10.5 Å². The van der Waals surface area contributed by atoms with Crippen LogP contribution in [0.15, 0.2) is 0 Å². The molecular weight excluding hydrogens is 164 g/mol. The van der Waals surface area contributed by atoms with E-state index < -0.39 is 0 Å². The molecule has 78 valence electrons. The van der Waals surface area contributed by atoms with E-state index in [1.165, 1.54) is 0 Å². The molecule has 3 heteroatoms. The van der Waals surface area contributed by atoms with E-state index in [2.05, 4.69) is 19.2 Å². The summed E-state index contributed by atoms with van der Waals surface area (Å²) in [4.78, 5) is 0. The Hall–Kier alpha value is -0.120. The number of rotatable bonds is 3. The minimum absolute atomic E-state index is 0.140. The van der Waals surface area contributed by atoms with Crippen molar-refractivity contribution < 1.29 is 4.74 Å². The molecule has 1 aliphatic heterocycles. The summed E-state index contributed by atoms with van der Waals surface area (Å²) in [6, 6.07) is 0.440. The highest BCUT2D eigenvalue weighted by molar-refractivity contribution is 4.90. The molecule has 3 nitrogen and oxygen atoms in total. The molecule has 0 radical (unpaired) electrons. The maximum atomic E-state index is 5.90. The van der Waals surface area contributed by atoms with E-state index in [-0.39, 0.29) is 11.0 Å². The van der Waals surface area contributed by atoms with Crippen LogP contribution in [0, 0.1) is 5.41 Å². The quantitative estimate of drug-likeness (QED) is 0.683. The first kappa shape index (κ1) is 11.0. The van der Waals surface area contributed by atoms with Crippen LogP contribution in [0.25, 0.3) is 0 Å². The number of nitrogens with two attached hydrogens (primary N) is 1. The fourth-order valence-electron chi connectivity index (χ4n) is 1.49. The van der Waals surface area contributed by atoms with E-state index in [1.54, 1.807) is 0 Å². The molecular formula is C10H22N2O. The molecule has 1 atom stereocenters. The maximum absolute atomic E-state index is 5.90. The summed E-state index contributed by atoms with van der Waals surface area (Å²) in [5, 5.41) is 3.46. The maximum Gasteiger partial charge on any atom is 0.0626 e. The average Bonchev–Trinajstić information content (AvgIpc) is 2.23. The van der Waals surface area contributed by atoms with Crippen molar-refractivity contribution in [2.75, 3.05) is 19.8 Å². The van der Waals surface area contributed by atoms with Crippen molar-refractivity contribution in [3.63, 3.8) is 0 Å². The summed E-state index contributed by atoms with van der Waals surface area (Å²) in [7, 11) is 0. The molecule has 1 fully saturated rings. The molecule has 1 unspecified atom stereocenters. The van der Waals surface area contributed by atoms with E-state index in [1.807, 2.05) is 13.8 Å².